The van der Waals surface area contributed by atoms with E-state index < -0.39 is 6.10 Å². The quantitative estimate of drug-likeness (QED) is 0.523. The van der Waals surface area contributed by atoms with Gasteiger partial charge in [0.15, 0.2) is 0 Å². The van der Waals surface area contributed by atoms with Crippen LogP contribution in [0.2, 0.25) is 0 Å². The number of hydrogen-bond donors (Lipinski definition) is 2. The van der Waals surface area contributed by atoms with E-state index in [1.54, 1.807) is 12.1 Å². The van der Waals surface area contributed by atoms with Crippen molar-refractivity contribution in [1.29, 1.82) is 0 Å². The Morgan fingerprint density at radius 2 is 1.41 bits per heavy atom. The van der Waals surface area contributed by atoms with Crippen molar-refractivity contribution >= 4 is 0 Å². The van der Waals surface area contributed by atoms with Crippen LogP contribution in [0.5, 0.6) is 5.75 Å². The second kappa shape index (κ2) is 6.08. The van der Waals surface area contributed by atoms with Crippen molar-refractivity contribution in [1.82, 2.24) is 4.98 Å². The Morgan fingerprint density at radius 3 is 2.19 bits per heavy atom. The van der Waals surface area contributed by atoms with E-state index in [9.17, 15) is 10.2 Å². The van der Waals surface area contributed by atoms with E-state index in [2.05, 4.69) is 0 Å². The Labute approximate surface area is 157 Å². The SMILES string of the molecule is Oc1ccc(-c2cc(-c3ccccc3)nc3c2C(O)c2ccccc2-3)cc1. The number of phenolic OH excluding ortho intramolecular Hbond substituents is 1. The van der Waals surface area contributed by atoms with Crippen molar-refractivity contribution in [3.63, 3.8) is 0 Å². The fourth-order valence-electron chi connectivity index (χ4n) is 3.78. The van der Waals surface area contributed by atoms with Gasteiger partial charge in [0.1, 0.15) is 11.9 Å². The molecule has 1 unspecified atom stereocenters. The van der Waals surface area contributed by atoms with Crippen molar-refractivity contribution in [2.75, 3.05) is 0 Å². The Kier molecular flexibility index (Phi) is 3.56. The smallest absolute Gasteiger partial charge is 0.115 e. The van der Waals surface area contributed by atoms with E-state index in [0.29, 0.717) is 0 Å². The van der Waals surface area contributed by atoms with E-state index in [1.807, 2.05) is 72.8 Å². The van der Waals surface area contributed by atoms with Gasteiger partial charge in [0.2, 0.25) is 0 Å². The standard InChI is InChI=1S/C24H17NO2/c26-17-12-10-15(11-13-17)20-14-21(16-6-2-1-3-7-16)25-23-18-8-4-5-9-19(18)24(27)22(20)23/h1-14,24,26-27H. The number of aromatic nitrogens is 1. The third-order valence-corrected chi connectivity index (χ3v) is 5.09. The fourth-order valence-corrected chi connectivity index (χ4v) is 3.78. The highest BCUT2D eigenvalue weighted by Gasteiger charge is 2.31. The van der Waals surface area contributed by atoms with Crippen LogP contribution >= 0.6 is 0 Å². The number of fused-ring (bicyclic) bond motifs is 3. The first-order valence-electron chi connectivity index (χ1n) is 8.89. The number of pyridine rings is 1. The van der Waals surface area contributed by atoms with Crippen LogP contribution in [0.25, 0.3) is 33.6 Å². The molecule has 0 spiro atoms. The number of aliphatic hydroxyl groups is 1. The van der Waals surface area contributed by atoms with Crippen molar-refractivity contribution in [3.8, 4) is 39.4 Å². The second-order valence-corrected chi connectivity index (χ2v) is 6.72. The third kappa shape index (κ3) is 2.52. The summed E-state index contributed by atoms with van der Waals surface area (Å²) in [6, 6.07) is 27.0. The van der Waals surface area contributed by atoms with Crippen LogP contribution in [0.1, 0.15) is 17.2 Å². The topological polar surface area (TPSA) is 53.4 Å². The summed E-state index contributed by atoms with van der Waals surface area (Å²) in [5.74, 6) is 0.219. The highest BCUT2D eigenvalue weighted by Crippen LogP contribution is 2.47. The Hall–Kier alpha value is -3.43. The molecular formula is C24H17NO2. The van der Waals surface area contributed by atoms with Gasteiger partial charge in [-0.25, -0.2) is 4.98 Å². The summed E-state index contributed by atoms with van der Waals surface area (Å²) < 4.78 is 0. The fraction of sp³-hybridized carbons (Fsp3) is 0.0417. The molecule has 27 heavy (non-hydrogen) atoms. The molecule has 4 aromatic rings. The van der Waals surface area contributed by atoms with Crippen LogP contribution in [0.15, 0.2) is 84.9 Å². The molecule has 0 radical (unpaired) electrons. The van der Waals surface area contributed by atoms with Gasteiger partial charge >= 0.3 is 0 Å². The minimum Gasteiger partial charge on any atom is -0.508 e. The molecule has 0 fully saturated rings. The minimum absolute atomic E-state index is 0.219. The minimum atomic E-state index is -0.711. The monoisotopic (exact) mass is 351 g/mol. The summed E-state index contributed by atoms with van der Waals surface area (Å²) in [6.45, 7) is 0. The van der Waals surface area contributed by atoms with Gasteiger partial charge in [-0.1, -0.05) is 66.7 Å². The molecule has 1 heterocycles. The molecule has 1 aromatic heterocycles. The molecular weight excluding hydrogens is 334 g/mol. The van der Waals surface area contributed by atoms with Crippen LogP contribution in [0.3, 0.4) is 0 Å². The number of phenols is 1. The largest absolute Gasteiger partial charge is 0.508 e. The van der Waals surface area contributed by atoms with E-state index in [1.165, 1.54) is 0 Å². The highest BCUT2D eigenvalue weighted by molar-refractivity contribution is 5.86. The lowest BCUT2D eigenvalue weighted by molar-refractivity contribution is 0.225. The van der Waals surface area contributed by atoms with Crippen molar-refractivity contribution in [2.45, 2.75) is 6.10 Å². The number of aliphatic hydroxyl groups excluding tert-OH is 1. The van der Waals surface area contributed by atoms with Crippen LogP contribution < -0.4 is 0 Å². The lowest BCUT2D eigenvalue weighted by Gasteiger charge is -2.14. The summed E-state index contributed by atoms with van der Waals surface area (Å²) in [4.78, 5) is 4.91. The van der Waals surface area contributed by atoms with Gasteiger partial charge in [0.25, 0.3) is 0 Å². The average molecular weight is 351 g/mol. The molecule has 2 N–H and O–H groups in total. The molecule has 1 atom stereocenters. The van der Waals surface area contributed by atoms with Crippen LogP contribution in [0.4, 0.5) is 0 Å². The predicted octanol–water partition coefficient (Wildman–Crippen LogP) is 5.18. The van der Waals surface area contributed by atoms with Gasteiger partial charge in [-0.2, -0.15) is 0 Å². The summed E-state index contributed by atoms with van der Waals surface area (Å²) in [5.41, 5.74) is 7.26. The molecule has 3 heteroatoms. The normalized spacial score (nSPS) is 14.6. The van der Waals surface area contributed by atoms with Crippen LogP contribution in [-0.2, 0) is 0 Å². The second-order valence-electron chi connectivity index (χ2n) is 6.72. The molecule has 0 aliphatic heterocycles. The van der Waals surface area contributed by atoms with Gasteiger partial charge in [-0.05, 0) is 34.9 Å². The van der Waals surface area contributed by atoms with E-state index >= 15 is 0 Å². The van der Waals surface area contributed by atoms with E-state index in [4.69, 9.17) is 4.98 Å². The van der Waals surface area contributed by atoms with Gasteiger partial charge in [-0.3, -0.25) is 0 Å². The van der Waals surface area contributed by atoms with Crippen LogP contribution in [-0.4, -0.2) is 15.2 Å². The zero-order valence-corrected chi connectivity index (χ0v) is 14.5. The molecule has 3 aromatic carbocycles. The maximum Gasteiger partial charge on any atom is 0.115 e. The number of hydrogen-bond acceptors (Lipinski definition) is 3. The van der Waals surface area contributed by atoms with Crippen molar-refractivity contribution < 1.29 is 10.2 Å². The van der Waals surface area contributed by atoms with E-state index in [0.717, 1.165) is 44.8 Å². The van der Waals surface area contributed by atoms with E-state index in [-0.39, 0.29) is 5.75 Å². The Bertz CT molecular complexity index is 1130. The summed E-state index contributed by atoms with van der Waals surface area (Å²) in [6.07, 6.45) is -0.711. The number of aromatic hydroxyl groups is 1. The predicted molar refractivity (Wildman–Crippen MR) is 106 cm³/mol. The molecule has 1 aliphatic rings. The van der Waals surface area contributed by atoms with Gasteiger partial charge in [0, 0.05) is 16.7 Å². The maximum absolute atomic E-state index is 11.0. The molecule has 130 valence electrons. The third-order valence-electron chi connectivity index (χ3n) is 5.09. The lowest BCUT2D eigenvalue weighted by atomic mass is 9.95. The number of nitrogens with zero attached hydrogens (tertiary/aromatic N) is 1. The summed E-state index contributed by atoms with van der Waals surface area (Å²) in [5, 5.41) is 20.7. The molecule has 0 saturated carbocycles. The van der Waals surface area contributed by atoms with Gasteiger partial charge in [0.05, 0.1) is 11.4 Å². The average Bonchev–Trinajstić information content (AvgIpc) is 3.01. The first kappa shape index (κ1) is 15.8. The van der Waals surface area contributed by atoms with Gasteiger partial charge in [-0.15, -0.1) is 0 Å². The molecule has 5 rings (SSSR count). The first-order chi connectivity index (χ1) is 13.2. The number of benzene rings is 3. The molecule has 3 nitrogen and oxygen atoms in total. The highest BCUT2D eigenvalue weighted by atomic mass is 16.3. The van der Waals surface area contributed by atoms with Crippen LogP contribution in [0, 0.1) is 0 Å². The lowest BCUT2D eigenvalue weighted by Crippen LogP contribution is -1.99. The summed E-state index contributed by atoms with van der Waals surface area (Å²) in [7, 11) is 0. The molecule has 0 amide bonds. The molecule has 1 aliphatic carbocycles. The van der Waals surface area contributed by atoms with Crippen molar-refractivity contribution in [2.24, 2.45) is 0 Å². The molecule has 0 saturated heterocycles. The zero-order chi connectivity index (χ0) is 18.4. The molecule has 0 bridgehead atoms. The zero-order valence-electron chi connectivity index (χ0n) is 14.5. The summed E-state index contributed by atoms with van der Waals surface area (Å²) >= 11 is 0. The Morgan fingerprint density at radius 1 is 0.704 bits per heavy atom. The van der Waals surface area contributed by atoms with Crippen molar-refractivity contribution in [3.05, 3.63) is 96.1 Å². The van der Waals surface area contributed by atoms with Gasteiger partial charge < -0.3 is 10.2 Å². The Balaban J connectivity index is 1.82. The maximum atomic E-state index is 11.0. The number of rotatable bonds is 2. The first-order valence-corrected chi connectivity index (χ1v) is 8.89.